The topological polar surface area (TPSA) is 69.1 Å². The summed E-state index contributed by atoms with van der Waals surface area (Å²) in [5.41, 5.74) is 12.7. The van der Waals surface area contributed by atoms with E-state index in [-0.39, 0.29) is 0 Å². The Labute approximate surface area is 325 Å². The van der Waals surface area contributed by atoms with E-state index in [1.54, 1.807) is 0 Å². The van der Waals surface area contributed by atoms with Crippen molar-refractivity contribution in [2.45, 2.75) is 0 Å². The van der Waals surface area contributed by atoms with Gasteiger partial charge in [-0.05, 0) is 75.5 Å². The van der Waals surface area contributed by atoms with Crippen LogP contribution < -0.4 is 4.68 Å². The third kappa shape index (κ3) is 5.01. The largest absolute Gasteiger partial charge is 0.456 e. The van der Waals surface area contributed by atoms with E-state index in [0.29, 0.717) is 5.82 Å². The fraction of sp³-hybridized carbons (Fsp3) is 0. The minimum absolute atomic E-state index is 0.596. The van der Waals surface area contributed by atoms with Crippen LogP contribution >= 0.6 is 0 Å². The lowest BCUT2D eigenvalue weighted by molar-refractivity contribution is -0.657. The Kier molecular flexibility index (Phi) is 6.83. The summed E-state index contributed by atoms with van der Waals surface area (Å²) in [6.45, 7) is 0. The van der Waals surface area contributed by atoms with Crippen LogP contribution in [0.1, 0.15) is 0 Å². The average molecular weight is 733 g/mol. The van der Waals surface area contributed by atoms with Crippen LogP contribution in [0.2, 0.25) is 0 Å². The molecule has 8 aromatic carbocycles. The fourth-order valence-corrected chi connectivity index (χ4v) is 8.37. The molecule has 0 aliphatic carbocycles. The van der Waals surface area contributed by atoms with Crippen molar-refractivity contribution < 1.29 is 17.9 Å². The molecule has 4 heterocycles. The molecule has 57 heavy (non-hydrogen) atoms. The van der Waals surface area contributed by atoms with Crippen molar-refractivity contribution in [3.8, 4) is 50.6 Å². The van der Waals surface area contributed by atoms with E-state index >= 15 is 0 Å². The number of fused-ring (bicyclic) bond motifs is 9. The smallest absolute Gasteiger partial charge is 0.249 e. The summed E-state index contributed by atoms with van der Waals surface area (Å²) in [6.07, 6.45) is 2.00. The summed E-state index contributed by atoms with van der Waals surface area (Å²) >= 11 is 0. The number of hydrogen-bond donors (Lipinski definition) is 0. The van der Waals surface area contributed by atoms with Gasteiger partial charge in [0.1, 0.15) is 44.6 Å². The molecule has 0 atom stereocenters. The molecule has 6 nitrogen and oxygen atoms in total. The van der Waals surface area contributed by atoms with Gasteiger partial charge >= 0.3 is 0 Å². The van der Waals surface area contributed by atoms with Crippen molar-refractivity contribution in [3.05, 3.63) is 182 Å². The Hall–Kier alpha value is -7.83. The summed E-state index contributed by atoms with van der Waals surface area (Å²) < 4.78 is 21.5. The number of benzene rings is 8. The maximum absolute atomic E-state index is 6.57. The second-order valence-corrected chi connectivity index (χ2v) is 14.4. The Morgan fingerprint density at radius 3 is 1.89 bits per heavy atom. The molecule has 0 saturated heterocycles. The zero-order chi connectivity index (χ0) is 37.5. The SMILES string of the molecule is c1ccc(-c2cc(-c3ccc4oc5cccc(-[n+]6cc(-c7cccc8c7oc7ccccc78)nc(-c7ccccc7)n6)c5c4c3)c3c(c2)oc2ccccc23)cc1. The number of aromatic nitrogens is 3. The van der Waals surface area contributed by atoms with Crippen molar-refractivity contribution in [1.82, 2.24) is 10.1 Å². The molecule has 0 aliphatic rings. The van der Waals surface area contributed by atoms with Crippen LogP contribution in [-0.2, 0) is 0 Å². The van der Waals surface area contributed by atoms with E-state index in [0.717, 1.165) is 111 Å². The second kappa shape index (κ2) is 12.3. The van der Waals surface area contributed by atoms with E-state index in [1.165, 1.54) is 0 Å². The zero-order valence-electron chi connectivity index (χ0n) is 30.4. The first kappa shape index (κ1) is 31.5. The number of para-hydroxylation sites is 3. The lowest BCUT2D eigenvalue weighted by Crippen LogP contribution is -2.36. The van der Waals surface area contributed by atoms with Gasteiger partial charge in [-0.15, -0.1) is 0 Å². The normalized spacial score (nSPS) is 11.9. The first-order valence-electron chi connectivity index (χ1n) is 19.0. The fourth-order valence-electron chi connectivity index (χ4n) is 8.37. The Morgan fingerprint density at radius 1 is 0.386 bits per heavy atom. The number of rotatable bonds is 5. The molecule has 0 amide bonds. The van der Waals surface area contributed by atoms with Gasteiger partial charge in [-0.2, -0.15) is 0 Å². The molecule has 6 heteroatoms. The predicted molar refractivity (Wildman–Crippen MR) is 227 cm³/mol. The number of hydrogen-bond acceptors (Lipinski definition) is 5. The zero-order valence-corrected chi connectivity index (χ0v) is 30.4. The molecule has 12 rings (SSSR count). The highest BCUT2D eigenvalue weighted by Gasteiger charge is 2.25. The number of furan rings is 3. The monoisotopic (exact) mass is 732 g/mol. The summed E-state index contributed by atoms with van der Waals surface area (Å²) in [6, 6.07) is 60.2. The standard InChI is InChI=1S/C51H30N3O3/c1-3-13-31(14-4-1)34-28-39(48-38-18-8-10-23-44(38)56-47(48)29-34)33-25-26-45-40(27-33)49-42(21-12-24-46(49)55-45)54-30-41(52-51(53-54)32-15-5-2-6-16-32)37-20-11-19-36-35-17-7-9-22-43(35)57-50(36)37/h1-30H/q+1. The Bertz CT molecular complexity index is 3530. The molecule has 12 aromatic rings. The molecule has 0 spiro atoms. The van der Waals surface area contributed by atoms with Gasteiger partial charge in [0.25, 0.3) is 0 Å². The highest BCUT2D eigenvalue weighted by molar-refractivity contribution is 6.16. The van der Waals surface area contributed by atoms with Crippen molar-refractivity contribution >= 4 is 65.8 Å². The number of nitrogens with zero attached hydrogens (tertiary/aromatic N) is 3. The van der Waals surface area contributed by atoms with Gasteiger partial charge in [-0.25, -0.2) is 4.98 Å². The molecule has 0 N–H and O–H groups in total. The quantitative estimate of drug-likeness (QED) is 0.165. The van der Waals surface area contributed by atoms with Crippen LogP contribution in [0, 0.1) is 0 Å². The van der Waals surface area contributed by atoms with E-state index in [4.69, 9.17) is 23.3 Å². The molecule has 0 radical (unpaired) electrons. The van der Waals surface area contributed by atoms with Crippen molar-refractivity contribution in [2.75, 3.05) is 0 Å². The molecule has 266 valence electrons. The van der Waals surface area contributed by atoms with Crippen LogP contribution in [-0.4, -0.2) is 10.1 Å². The summed E-state index contributed by atoms with van der Waals surface area (Å²) in [4.78, 5) is 5.16. The van der Waals surface area contributed by atoms with Gasteiger partial charge in [0.05, 0.1) is 0 Å². The average Bonchev–Trinajstić information content (AvgIpc) is 3.97. The molecule has 0 saturated carbocycles. The van der Waals surface area contributed by atoms with Gasteiger partial charge in [0.2, 0.25) is 17.7 Å². The first-order chi connectivity index (χ1) is 28.2. The molecule has 0 unspecified atom stereocenters. The third-order valence-corrected chi connectivity index (χ3v) is 11.0. The van der Waals surface area contributed by atoms with Crippen LogP contribution in [0.3, 0.4) is 0 Å². The second-order valence-electron chi connectivity index (χ2n) is 14.4. The van der Waals surface area contributed by atoms with E-state index in [1.807, 2.05) is 89.7 Å². The molecule has 0 aliphatic heterocycles. The summed E-state index contributed by atoms with van der Waals surface area (Å²) in [5.74, 6) is 0.596. The van der Waals surface area contributed by atoms with E-state index in [2.05, 4.69) is 97.1 Å². The summed E-state index contributed by atoms with van der Waals surface area (Å²) in [7, 11) is 0. The Balaban J connectivity index is 1.10. The van der Waals surface area contributed by atoms with Crippen molar-refractivity contribution in [3.63, 3.8) is 0 Å². The Morgan fingerprint density at radius 2 is 1.05 bits per heavy atom. The molecule has 0 fully saturated rings. The van der Waals surface area contributed by atoms with Crippen molar-refractivity contribution in [2.24, 2.45) is 0 Å². The minimum atomic E-state index is 0.596. The molecule has 0 bridgehead atoms. The van der Waals surface area contributed by atoms with Gasteiger partial charge in [0.15, 0.2) is 0 Å². The van der Waals surface area contributed by atoms with Crippen LogP contribution in [0.4, 0.5) is 0 Å². The van der Waals surface area contributed by atoms with Crippen LogP contribution in [0.15, 0.2) is 195 Å². The highest BCUT2D eigenvalue weighted by Crippen LogP contribution is 2.42. The minimum Gasteiger partial charge on any atom is -0.456 e. The van der Waals surface area contributed by atoms with Crippen LogP contribution in [0.25, 0.3) is 116 Å². The van der Waals surface area contributed by atoms with Crippen molar-refractivity contribution in [1.29, 1.82) is 0 Å². The first-order valence-corrected chi connectivity index (χ1v) is 19.0. The van der Waals surface area contributed by atoms with Gasteiger partial charge in [0, 0.05) is 49.2 Å². The lowest BCUT2D eigenvalue weighted by Gasteiger charge is -2.09. The van der Waals surface area contributed by atoms with Crippen LogP contribution in [0.5, 0.6) is 0 Å². The molecule has 4 aromatic heterocycles. The molecular formula is C51H30N3O3+. The lowest BCUT2D eigenvalue weighted by atomic mass is 9.93. The third-order valence-electron chi connectivity index (χ3n) is 11.0. The summed E-state index contributed by atoms with van der Waals surface area (Å²) in [5, 5.41) is 11.4. The van der Waals surface area contributed by atoms with E-state index < -0.39 is 0 Å². The maximum Gasteiger partial charge on any atom is 0.249 e. The predicted octanol–water partition coefficient (Wildman–Crippen LogP) is 13.1. The van der Waals surface area contributed by atoms with Gasteiger partial charge in [-0.3, -0.25) is 0 Å². The van der Waals surface area contributed by atoms with E-state index in [9.17, 15) is 0 Å². The van der Waals surface area contributed by atoms with Gasteiger partial charge < -0.3 is 13.3 Å². The highest BCUT2D eigenvalue weighted by atomic mass is 16.3. The maximum atomic E-state index is 6.57. The molecular weight excluding hydrogens is 703 g/mol. The van der Waals surface area contributed by atoms with Gasteiger partial charge in [-0.1, -0.05) is 121 Å².